The maximum atomic E-state index is 12.7. The van der Waals surface area contributed by atoms with E-state index in [0.717, 1.165) is 29.1 Å². The van der Waals surface area contributed by atoms with Crippen LogP contribution in [-0.4, -0.2) is 23.6 Å². The molecule has 2 rings (SSSR count). The number of oxime groups is 1. The molecule has 0 saturated heterocycles. The summed E-state index contributed by atoms with van der Waals surface area (Å²) in [4.78, 5) is 29.6. The zero-order chi connectivity index (χ0) is 22.0. The van der Waals surface area contributed by atoms with E-state index in [0.29, 0.717) is 6.42 Å². The summed E-state index contributed by atoms with van der Waals surface area (Å²) < 4.78 is 37.1. The van der Waals surface area contributed by atoms with Crippen LogP contribution in [0.25, 0.3) is 0 Å². The monoisotopic (exact) mass is 437 g/mol. The summed E-state index contributed by atoms with van der Waals surface area (Å²) in [7, 11) is 0. The van der Waals surface area contributed by atoms with Gasteiger partial charge < -0.3 is 4.84 Å². The van der Waals surface area contributed by atoms with Gasteiger partial charge in [-0.05, 0) is 49.2 Å². The number of hydrogen-bond donors (Lipinski definition) is 0. The molecule has 0 N–H and O–H groups in total. The van der Waals surface area contributed by atoms with Gasteiger partial charge in [0.1, 0.15) is 5.71 Å². The van der Waals surface area contributed by atoms with E-state index < -0.39 is 17.9 Å². The number of unbranched alkanes of at least 4 members (excludes halogenated alkanes) is 3. The molecule has 0 aliphatic rings. The van der Waals surface area contributed by atoms with Crippen molar-refractivity contribution in [1.82, 2.24) is 0 Å². The summed E-state index contributed by atoms with van der Waals surface area (Å²) in [6, 6.07) is 16.3. The Morgan fingerprint density at radius 1 is 0.933 bits per heavy atom. The van der Waals surface area contributed by atoms with Gasteiger partial charge in [-0.25, -0.2) is 4.79 Å². The fraction of sp³-hybridized carbons (Fsp3) is 0.318. The minimum Gasteiger partial charge on any atom is -0.308 e. The highest BCUT2D eigenvalue weighted by molar-refractivity contribution is 7.99. The van der Waals surface area contributed by atoms with E-state index in [-0.39, 0.29) is 17.7 Å². The average Bonchev–Trinajstić information content (AvgIpc) is 2.73. The third-order valence-electron chi connectivity index (χ3n) is 4.09. The van der Waals surface area contributed by atoms with Crippen molar-refractivity contribution in [2.24, 2.45) is 5.16 Å². The molecular weight excluding hydrogens is 415 g/mol. The van der Waals surface area contributed by atoms with Crippen LogP contribution in [0.2, 0.25) is 0 Å². The van der Waals surface area contributed by atoms with E-state index in [1.165, 1.54) is 11.8 Å². The minimum atomic E-state index is -5.17. The molecule has 0 atom stereocenters. The van der Waals surface area contributed by atoms with Crippen molar-refractivity contribution in [3.8, 4) is 0 Å². The molecule has 0 aliphatic carbocycles. The molecule has 0 unspecified atom stereocenters. The van der Waals surface area contributed by atoms with Crippen molar-refractivity contribution in [2.75, 3.05) is 0 Å². The Morgan fingerprint density at radius 3 is 2.17 bits per heavy atom. The van der Waals surface area contributed by atoms with Crippen LogP contribution in [0.5, 0.6) is 0 Å². The van der Waals surface area contributed by atoms with Gasteiger partial charge in [0.15, 0.2) is 0 Å². The molecule has 2 aromatic rings. The van der Waals surface area contributed by atoms with Gasteiger partial charge in [0.25, 0.3) is 0 Å². The summed E-state index contributed by atoms with van der Waals surface area (Å²) >= 11 is 1.52. The van der Waals surface area contributed by atoms with Crippen molar-refractivity contribution in [2.45, 2.75) is 55.0 Å². The van der Waals surface area contributed by atoms with E-state index in [4.69, 9.17) is 0 Å². The Balaban J connectivity index is 2.11. The molecule has 8 heteroatoms. The predicted octanol–water partition coefficient (Wildman–Crippen LogP) is 6.45. The van der Waals surface area contributed by atoms with Crippen molar-refractivity contribution in [3.05, 3.63) is 60.2 Å². The third kappa shape index (κ3) is 7.67. The molecule has 0 saturated carbocycles. The molecular formula is C22H22F3NO3S. The highest BCUT2D eigenvalue weighted by atomic mass is 32.2. The topological polar surface area (TPSA) is 55.7 Å². The number of benzene rings is 2. The second-order valence-corrected chi connectivity index (χ2v) is 7.64. The highest BCUT2D eigenvalue weighted by Crippen LogP contribution is 2.27. The number of carbonyl (C=O) groups is 2. The number of halogens is 3. The van der Waals surface area contributed by atoms with Gasteiger partial charge >= 0.3 is 12.1 Å². The lowest BCUT2D eigenvalue weighted by Gasteiger charge is -2.08. The molecule has 0 radical (unpaired) electrons. The Labute approximate surface area is 177 Å². The zero-order valence-corrected chi connectivity index (χ0v) is 17.3. The Morgan fingerprint density at radius 2 is 1.57 bits per heavy atom. The second kappa shape index (κ2) is 11.5. The van der Waals surface area contributed by atoms with Gasteiger partial charge in [-0.1, -0.05) is 61.3 Å². The van der Waals surface area contributed by atoms with Crippen LogP contribution in [-0.2, 0) is 9.63 Å². The first-order chi connectivity index (χ1) is 14.3. The first-order valence-corrected chi connectivity index (χ1v) is 10.4. The van der Waals surface area contributed by atoms with Gasteiger partial charge in [0.2, 0.25) is 5.78 Å². The number of hydrogen-bond acceptors (Lipinski definition) is 5. The quantitative estimate of drug-likeness (QED) is 0.141. The maximum absolute atomic E-state index is 12.7. The molecule has 30 heavy (non-hydrogen) atoms. The third-order valence-corrected chi connectivity index (χ3v) is 5.11. The largest absolute Gasteiger partial charge is 0.493 e. The van der Waals surface area contributed by atoms with E-state index >= 15 is 0 Å². The van der Waals surface area contributed by atoms with Crippen molar-refractivity contribution >= 4 is 29.2 Å². The number of Topliss-reactive ketones (excluding diaryl/α,β-unsaturated/α-hetero) is 1. The molecule has 0 bridgehead atoms. The number of carbonyl (C=O) groups excluding carboxylic acids is 2. The molecule has 0 fully saturated rings. The Hall–Kier alpha value is -2.61. The average molecular weight is 437 g/mol. The first kappa shape index (κ1) is 23.7. The van der Waals surface area contributed by atoms with Crippen molar-refractivity contribution in [3.63, 3.8) is 0 Å². The first-order valence-electron chi connectivity index (χ1n) is 9.54. The smallest absolute Gasteiger partial charge is 0.308 e. The molecule has 0 heterocycles. The van der Waals surface area contributed by atoms with Gasteiger partial charge in [-0.3, -0.25) is 4.79 Å². The molecule has 0 aliphatic heterocycles. The predicted molar refractivity (Wildman–Crippen MR) is 110 cm³/mol. The summed E-state index contributed by atoms with van der Waals surface area (Å²) in [5, 5.41) is 3.25. The van der Waals surface area contributed by atoms with Gasteiger partial charge in [-0.15, -0.1) is 0 Å². The molecule has 0 spiro atoms. The summed E-state index contributed by atoms with van der Waals surface area (Å²) in [6.45, 7) is 2.01. The minimum absolute atomic E-state index is 0.129. The van der Waals surface area contributed by atoms with Crippen LogP contribution in [0.15, 0.2) is 69.5 Å². The molecule has 0 amide bonds. The maximum Gasteiger partial charge on any atom is 0.493 e. The fourth-order valence-electron chi connectivity index (χ4n) is 2.53. The van der Waals surface area contributed by atoms with Crippen molar-refractivity contribution in [1.29, 1.82) is 0 Å². The highest BCUT2D eigenvalue weighted by Gasteiger charge is 2.42. The Kier molecular flexibility index (Phi) is 9.11. The lowest BCUT2D eigenvalue weighted by atomic mass is 10.0. The summed E-state index contributed by atoms with van der Waals surface area (Å²) in [6.07, 6.45) is -1.80. The second-order valence-electron chi connectivity index (χ2n) is 6.49. The molecule has 0 aromatic heterocycles. The van der Waals surface area contributed by atoms with E-state index in [1.807, 2.05) is 37.3 Å². The normalized spacial score (nSPS) is 11.9. The molecule has 160 valence electrons. The number of nitrogens with zero attached hydrogens (tertiary/aromatic N) is 1. The van der Waals surface area contributed by atoms with Crippen LogP contribution in [0, 0.1) is 0 Å². The summed E-state index contributed by atoms with van der Waals surface area (Å²) in [5.74, 6) is -3.01. The van der Waals surface area contributed by atoms with Crippen LogP contribution >= 0.6 is 11.8 Å². The lowest BCUT2D eigenvalue weighted by Crippen LogP contribution is -2.25. The SMILES string of the molecule is CCCCCC/C(=N\OC(=O)C(F)(F)F)C(=O)c1ccc(Sc2ccccc2)cc1. The number of ketones is 1. The van der Waals surface area contributed by atoms with E-state index in [2.05, 4.69) is 9.99 Å². The summed E-state index contributed by atoms with van der Waals surface area (Å²) in [5.41, 5.74) is 0.0666. The fourth-order valence-corrected chi connectivity index (χ4v) is 3.37. The van der Waals surface area contributed by atoms with Crippen molar-refractivity contribution < 1.29 is 27.6 Å². The standard InChI is InChI=1S/C22H22F3NO3S/c1-2-3-4-8-11-19(26-29-21(28)22(23,24)25)20(27)16-12-14-18(15-13-16)30-17-9-6-5-7-10-17/h5-7,9-10,12-15H,2-4,8,11H2,1H3/b26-19+. The Bertz CT molecular complexity index is 865. The van der Waals surface area contributed by atoms with Gasteiger partial charge in [-0.2, -0.15) is 13.2 Å². The van der Waals surface area contributed by atoms with Crippen LogP contribution < -0.4 is 0 Å². The van der Waals surface area contributed by atoms with Gasteiger partial charge in [0, 0.05) is 15.4 Å². The number of rotatable bonds is 10. The van der Waals surface area contributed by atoms with E-state index in [9.17, 15) is 22.8 Å². The van der Waals surface area contributed by atoms with Crippen LogP contribution in [0.4, 0.5) is 13.2 Å². The molecule has 2 aromatic carbocycles. The van der Waals surface area contributed by atoms with E-state index in [1.54, 1.807) is 24.3 Å². The van der Waals surface area contributed by atoms with Gasteiger partial charge in [0.05, 0.1) is 0 Å². The number of alkyl halides is 3. The lowest BCUT2D eigenvalue weighted by molar-refractivity contribution is -0.199. The van der Waals surface area contributed by atoms with Crippen LogP contribution in [0.1, 0.15) is 49.4 Å². The zero-order valence-electron chi connectivity index (χ0n) is 16.4. The van der Waals surface area contributed by atoms with Crippen LogP contribution in [0.3, 0.4) is 0 Å². The molecule has 4 nitrogen and oxygen atoms in total.